The Morgan fingerprint density at radius 2 is 1.71 bits per heavy atom. The highest BCUT2D eigenvalue weighted by Gasteiger charge is 2.24. The first-order chi connectivity index (χ1) is 18.4. The molecule has 0 bridgehead atoms. The Balaban J connectivity index is 1.55. The minimum Gasteiger partial charge on any atom is -0.504 e. The van der Waals surface area contributed by atoms with Crippen molar-refractivity contribution in [2.75, 3.05) is 12.0 Å². The van der Waals surface area contributed by atoms with Crippen LogP contribution in [-0.4, -0.2) is 28.1 Å². The van der Waals surface area contributed by atoms with Crippen molar-refractivity contribution in [2.45, 2.75) is 0 Å². The third kappa shape index (κ3) is 4.62. The predicted molar refractivity (Wildman–Crippen MR) is 136 cm³/mol. The highest BCUT2D eigenvalue weighted by atomic mass is 19.1. The maximum absolute atomic E-state index is 15.4. The third-order valence-corrected chi connectivity index (χ3v) is 5.73. The number of amides is 1. The number of hydrogen-bond donors (Lipinski definition) is 2. The van der Waals surface area contributed by atoms with Gasteiger partial charge in [-0.2, -0.15) is 0 Å². The summed E-state index contributed by atoms with van der Waals surface area (Å²) in [4.78, 5) is 33.4. The second-order valence-electron chi connectivity index (χ2n) is 8.10. The van der Waals surface area contributed by atoms with Crippen LogP contribution in [0.2, 0.25) is 0 Å². The topological polar surface area (TPSA) is 105 Å². The molecule has 2 heterocycles. The zero-order valence-corrected chi connectivity index (χ0v) is 19.8. The molecule has 2 aromatic heterocycles. The maximum Gasteiger partial charge on any atom is 0.268 e. The lowest BCUT2D eigenvalue weighted by Crippen LogP contribution is -2.31. The molecule has 0 atom stereocenters. The van der Waals surface area contributed by atoms with Crippen LogP contribution < -0.4 is 19.9 Å². The van der Waals surface area contributed by atoms with E-state index in [1.165, 1.54) is 74.1 Å². The third-order valence-electron chi connectivity index (χ3n) is 5.73. The number of anilines is 2. The van der Waals surface area contributed by atoms with Crippen LogP contribution >= 0.6 is 0 Å². The molecule has 0 spiro atoms. The van der Waals surface area contributed by atoms with E-state index in [0.29, 0.717) is 10.9 Å². The van der Waals surface area contributed by atoms with E-state index in [-0.39, 0.29) is 39.9 Å². The molecule has 0 aliphatic rings. The van der Waals surface area contributed by atoms with Gasteiger partial charge in [-0.1, -0.05) is 0 Å². The molecule has 5 rings (SSSR count). The van der Waals surface area contributed by atoms with E-state index in [4.69, 9.17) is 9.47 Å². The van der Waals surface area contributed by atoms with Crippen molar-refractivity contribution in [3.63, 3.8) is 0 Å². The van der Waals surface area contributed by atoms with Crippen molar-refractivity contribution in [1.29, 1.82) is 0 Å². The van der Waals surface area contributed by atoms with E-state index < -0.39 is 23.1 Å². The number of methoxy groups -OCH3 is 1. The molecule has 190 valence electrons. The number of H-pyrrole nitrogens is 1. The number of aromatic hydroxyl groups is 1. The summed E-state index contributed by atoms with van der Waals surface area (Å²) in [5, 5.41) is 10.5. The molecule has 0 saturated carbocycles. The van der Waals surface area contributed by atoms with Crippen molar-refractivity contribution < 1.29 is 28.2 Å². The number of rotatable bonds is 6. The quantitative estimate of drug-likeness (QED) is 0.301. The number of carbonyl (C=O) groups is 1. The first-order valence-electron chi connectivity index (χ1n) is 11.3. The molecular weight excluding hydrogens is 496 g/mol. The van der Waals surface area contributed by atoms with Gasteiger partial charge in [-0.15, -0.1) is 0 Å². The van der Waals surface area contributed by atoms with Gasteiger partial charge < -0.3 is 19.6 Å². The summed E-state index contributed by atoms with van der Waals surface area (Å²) in [6, 6.07) is 16.1. The van der Waals surface area contributed by atoms with Gasteiger partial charge in [-0.05, 0) is 60.7 Å². The predicted octanol–water partition coefficient (Wildman–Crippen LogP) is 5.69. The standard InChI is InChI=1S/C28H19F2N3O5/c1-37-26-14-20-22(15-23(26)34)31-12-10-24(20)38-25-9-8-18(13-21(25)30)33(17-6-4-16(29)5-7-17)28(36)19-3-2-11-32-27(19)35/h2-15,34H,1H3,(H,32,35). The number of carbonyl (C=O) groups excluding carboxylic acids is 1. The SMILES string of the molecule is COc1cc2c(Oc3ccc(N(C(=O)c4ccc[nH]c4=O)c4ccc(F)cc4)cc3F)ccnc2cc1O. The van der Waals surface area contributed by atoms with Crippen LogP contribution in [0.5, 0.6) is 23.0 Å². The molecule has 1 amide bonds. The van der Waals surface area contributed by atoms with Gasteiger partial charge in [0, 0.05) is 35.6 Å². The molecule has 0 radical (unpaired) electrons. The van der Waals surface area contributed by atoms with E-state index in [0.717, 1.165) is 23.1 Å². The van der Waals surface area contributed by atoms with Crippen LogP contribution in [0.25, 0.3) is 10.9 Å². The zero-order chi connectivity index (χ0) is 26.8. The minimum atomic E-state index is -0.805. The van der Waals surface area contributed by atoms with E-state index in [9.17, 15) is 19.1 Å². The number of halogens is 2. The number of phenols is 1. The fraction of sp³-hybridized carbons (Fsp3) is 0.0357. The Kier molecular flexibility index (Phi) is 6.44. The van der Waals surface area contributed by atoms with Gasteiger partial charge in [-0.3, -0.25) is 19.5 Å². The van der Waals surface area contributed by atoms with Crippen LogP contribution in [0.4, 0.5) is 20.2 Å². The van der Waals surface area contributed by atoms with Gasteiger partial charge in [0.15, 0.2) is 23.1 Å². The molecule has 0 aliphatic carbocycles. The van der Waals surface area contributed by atoms with Crippen LogP contribution in [0.3, 0.4) is 0 Å². The van der Waals surface area contributed by atoms with Crippen molar-refractivity contribution in [2.24, 2.45) is 0 Å². The second-order valence-corrected chi connectivity index (χ2v) is 8.10. The highest BCUT2D eigenvalue weighted by Crippen LogP contribution is 2.38. The molecular formula is C28H19F2N3O5. The Labute approximate surface area is 214 Å². The zero-order valence-electron chi connectivity index (χ0n) is 19.8. The number of aromatic nitrogens is 2. The fourth-order valence-corrected chi connectivity index (χ4v) is 3.90. The number of hydrogen-bond acceptors (Lipinski definition) is 6. The molecule has 0 aliphatic heterocycles. The second kappa shape index (κ2) is 10.0. The molecule has 3 aromatic carbocycles. The van der Waals surface area contributed by atoms with Gasteiger partial charge in [0.25, 0.3) is 11.5 Å². The van der Waals surface area contributed by atoms with E-state index in [1.807, 2.05) is 0 Å². The number of ether oxygens (including phenoxy) is 2. The number of benzene rings is 3. The first kappa shape index (κ1) is 24.4. The number of nitrogens with zero attached hydrogens (tertiary/aromatic N) is 2. The van der Waals surface area contributed by atoms with Gasteiger partial charge in [0.05, 0.1) is 18.3 Å². The van der Waals surface area contributed by atoms with Crippen LogP contribution in [0.1, 0.15) is 10.4 Å². The lowest BCUT2D eigenvalue weighted by molar-refractivity contribution is 0.0997. The highest BCUT2D eigenvalue weighted by molar-refractivity contribution is 6.10. The van der Waals surface area contributed by atoms with E-state index in [2.05, 4.69) is 9.97 Å². The molecule has 8 nitrogen and oxygen atoms in total. The Morgan fingerprint density at radius 1 is 0.947 bits per heavy atom. The minimum absolute atomic E-state index is 0.0842. The first-order valence-corrected chi connectivity index (χ1v) is 11.3. The number of phenolic OH excluding ortho intramolecular Hbond substituents is 1. The van der Waals surface area contributed by atoms with Crippen molar-refractivity contribution in [3.05, 3.63) is 113 Å². The molecule has 0 unspecified atom stereocenters. The van der Waals surface area contributed by atoms with E-state index in [1.54, 1.807) is 0 Å². The molecule has 38 heavy (non-hydrogen) atoms. The van der Waals surface area contributed by atoms with Gasteiger partial charge >= 0.3 is 0 Å². The van der Waals surface area contributed by atoms with Crippen molar-refractivity contribution in [3.8, 4) is 23.0 Å². The monoisotopic (exact) mass is 515 g/mol. The summed E-state index contributed by atoms with van der Waals surface area (Å²) in [5.41, 5.74) is -0.103. The Bertz CT molecular complexity index is 1720. The van der Waals surface area contributed by atoms with Crippen molar-refractivity contribution >= 4 is 28.2 Å². The summed E-state index contributed by atoms with van der Waals surface area (Å²) in [7, 11) is 1.40. The van der Waals surface area contributed by atoms with Crippen LogP contribution in [0.15, 0.2) is 90.0 Å². The molecule has 2 N–H and O–H groups in total. The molecule has 0 saturated heterocycles. The molecule has 5 aromatic rings. The number of fused-ring (bicyclic) bond motifs is 1. The summed E-state index contributed by atoms with van der Waals surface area (Å²) < 4.78 is 39.9. The Hall–Kier alpha value is -5.25. The van der Waals surface area contributed by atoms with Gasteiger partial charge in [0.1, 0.15) is 17.1 Å². The largest absolute Gasteiger partial charge is 0.504 e. The van der Waals surface area contributed by atoms with E-state index >= 15 is 4.39 Å². The Morgan fingerprint density at radius 3 is 2.42 bits per heavy atom. The smallest absolute Gasteiger partial charge is 0.268 e. The van der Waals surface area contributed by atoms with Crippen LogP contribution in [0, 0.1) is 11.6 Å². The van der Waals surface area contributed by atoms with Crippen molar-refractivity contribution in [1.82, 2.24) is 9.97 Å². The van der Waals surface area contributed by atoms with Gasteiger partial charge in [-0.25, -0.2) is 8.78 Å². The van der Waals surface area contributed by atoms with Gasteiger partial charge in [0.2, 0.25) is 0 Å². The van der Waals surface area contributed by atoms with Crippen LogP contribution in [-0.2, 0) is 0 Å². The summed E-state index contributed by atoms with van der Waals surface area (Å²) in [5.74, 6) is -1.89. The fourth-order valence-electron chi connectivity index (χ4n) is 3.90. The lowest BCUT2D eigenvalue weighted by atomic mass is 10.1. The summed E-state index contributed by atoms with van der Waals surface area (Å²) >= 11 is 0. The number of nitrogens with one attached hydrogen (secondary N) is 1. The summed E-state index contributed by atoms with van der Waals surface area (Å²) in [6.07, 6.45) is 2.83. The normalized spacial score (nSPS) is 10.8. The number of aromatic amines is 1. The molecule has 10 heteroatoms. The molecule has 0 fully saturated rings. The average Bonchev–Trinajstić information content (AvgIpc) is 2.91. The average molecular weight is 515 g/mol. The summed E-state index contributed by atoms with van der Waals surface area (Å²) in [6.45, 7) is 0. The number of pyridine rings is 2. The maximum atomic E-state index is 15.4. The lowest BCUT2D eigenvalue weighted by Gasteiger charge is -2.23.